The summed E-state index contributed by atoms with van der Waals surface area (Å²) in [6, 6.07) is 170. The molecule has 0 saturated heterocycles. The Morgan fingerprint density at radius 2 is 0.436 bits per heavy atom. The molecule has 0 saturated carbocycles. The van der Waals surface area contributed by atoms with E-state index in [4.69, 9.17) is 19.9 Å². The van der Waals surface area contributed by atoms with E-state index in [1.807, 2.05) is 35.6 Å². The van der Waals surface area contributed by atoms with E-state index in [1.165, 1.54) is 150 Å². The topological polar surface area (TPSA) is 76.2 Å². The van der Waals surface area contributed by atoms with Gasteiger partial charge in [0.25, 0.3) is 0 Å². The van der Waals surface area contributed by atoms with Crippen LogP contribution in [0.5, 0.6) is 0 Å². The standard InChI is InChI=1S/C68H41N5.C62H36N4S/c1-2-19-49(20-3-1)71-60-27-13-8-22-52(60)55-33-31-46(39-64(55)71)67-68(70-59-26-12-11-25-58(59)69-67)48-34-45-18-6-7-21-51(45)63(41-48)73-62-29-15-10-24-54(62)57-37-44-30-32-50(35-47(44)40-66(57)73)72-61-28-14-9-23-53(61)56-36-42-16-4-5-17-43(42)38-65(56)72;1-2-14-38-33-57-50(31-37(38)13-1)46-17-5-10-22-54(46)65(57)44-27-25-39-32-51-47-18-6-11-23-55(47)66(58(51)34-42(39)30-44)56-35-43(29-40-15-3-4-16-45(40)56)62-61(63-52-20-8-9-21-53(52)64-62)41-26-28-49-48-19-7-12-24-59(48)67-60(49)36-41/h1-41H;1-36H. The van der Waals surface area contributed by atoms with Gasteiger partial charge in [0.2, 0.25) is 0 Å². The van der Waals surface area contributed by atoms with E-state index in [1.54, 1.807) is 0 Å². The van der Waals surface area contributed by atoms with Crippen molar-refractivity contribution in [3.63, 3.8) is 0 Å². The maximum atomic E-state index is 5.53. The molecule has 0 atom stereocenters. The number of thiophene rings is 1. The maximum Gasteiger partial charge on any atom is 0.0974 e. The van der Waals surface area contributed by atoms with E-state index in [-0.39, 0.29) is 0 Å². The highest BCUT2D eigenvalue weighted by molar-refractivity contribution is 7.25. The first kappa shape index (κ1) is 77.9. The molecule has 0 bridgehead atoms. The van der Waals surface area contributed by atoms with Crippen LogP contribution in [0, 0.1) is 0 Å². The van der Waals surface area contributed by atoms with E-state index in [0.717, 1.165) is 139 Å². The highest BCUT2D eigenvalue weighted by atomic mass is 32.1. The molecule has 0 amide bonds. The molecule has 31 aromatic rings. The minimum absolute atomic E-state index is 0.835. The van der Waals surface area contributed by atoms with Crippen molar-refractivity contribution in [1.29, 1.82) is 0 Å². The third-order valence-corrected chi connectivity index (χ3v) is 30.4. The third-order valence-electron chi connectivity index (χ3n) is 29.3. The summed E-state index contributed by atoms with van der Waals surface area (Å²) in [5.41, 5.74) is 28.2. The molecule has 0 aliphatic rings. The van der Waals surface area contributed by atoms with Crippen LogP contribution in [-0.2, 0) is 0 Å². The van der Waals surface area contributed by atoms with Gasteiger partial charge in [-0.2, -0.15) is 0 Å². The van der Waals surface area contributed by atoms with Crippen LogP contribution in [-0.4, -0.2) is 42.8 Å². The maximum absolute atomic E-state index is 5.53. The first-order valence-electron chi connectivity index (χ1n) is 47.8. The van der Waals surface area contributed by atoms with Crippen LogP contribution in [0.1, 0.15) is 0 Å². The fourth-order valence-electron chi connectivity index (χ4n) is 22.9. The number of para-hydroxylation sites is 10. The zero-order chi connectivity index (χ0) is 91.5. The lowest BCUT2D eigenvalue weighted by Crippen LogP contribution is -2.00. The minimum atomic E-state index is 0.835. The van der Waals surface area contributed by atoms with Gasteiger partial charge in [0, 0.05) is 124 Å². The van der Waals surface area contributed by atoms with Crippen LogP contribution in [0.15, 0.2) is 467 Å². The Labute approximate surface area is 804 Å². The number of hydrogen-bond donors (Lipinski definition) is 0. The van der Waals surface area contributed by atoms with Crippen molar-refractivity contribution in [1.82, 2.24) is 42.8 Å². The predicted molar refractivity (Wildman–Crippen MR) is 590 cm³/mol. The van der Waals surface area contributed by atoms with Crippen molar-refractivity contribution in [3.05, 3.63) is 467 Å². The summed E-state index contributed by atoms with van der Waals surface area (Å²) in [6.07, 6.45) is 0. The van der Waals surface area contributed by atoms with Gasteiger partial charge >= 0.3 is 0 Å². The summed E-state index contributed by atoms with van der Waals surface area (Å²) in [7, 11) is 0. The summed E-state index contributed by atoms with van der Waals surface area (Å²) >= 11 is 1.83. The Bertz CT molecular complexity index is 10800. The Hall–Kier alpha value is -18.5. The molecular formula is C130H77N9S. The van der Waals surface area contributed by atoms with Gasteiger partial charge in [-0.05, 0) is 236 Å². The lowest BCUT2D eigenvalue weighted by molar-refractivity contribution is 1.18. The average molecular weight is 1800 g/mol. The molecule has 0 fully saturated rings. The number of fused-ring (bicyclic) bond motifs is 26. The van der Waals surface area contributed by atoms with Crippen LogP contribution < -0.4 is 0 Å². The number of hydrogen-bond acceptors (Lipinski definition) is 5. The number of nitrogens with zero attached hydrogens (tertiary/aromatic N) is 9. The molecule has 9 nitrogen and oxygen atoms in total. The second-order valence-corrected chi connectivity index (χ2v) is 38.2. The largest absolute Gasteiger partial charge is 0.309 e. The van der Waals surface area contributed by atoms with Gasteiger partial charge < -0.3 is 22.8 Å². The zero-order valence-electron chi connectivity index (χ0n) is 75.4. The lowest BCUT2D eigenvalue weighted by atomic mass is 9.98. The van der Waals surface area contributed by atoms with Crippen molar-refractivity contribution in [2.45, 2.75) is 0 Å². The van der Waals surface area contributed by atoms with Gasteiger partial charge in [0.05, 0.1) is 111 Å². The Kier molecular flexibility index (Phi) is 17.0. The zero-order valence-corrected chi connectivity index (χ0v) is 76.2. The van der Waals surface area contributed by atoms with Gasteiger partial charge in [-0.15, -0.1) is 11.3 Å². The second-order valence-electron chi connectivity index (χ2n) is 37.1. The first-order valence-corrected chi connectivity index (χ1v) is 48.6. The van der Waals surface area contributed by atoms with E-state index in [2.05, 4.69) is 466 Å². The highest BCUT2D eigenvalue weighted by Crippen LogP contribution is 2.49. The van der Waals surface area contributed by atoms with Gasteiger partial charge in [-0.25, -0.2) is 19.9 Å². The summed E-state index contributed by atoms with van der Waals surface area (Å²) in [5, 5.41) is 29.2. The smallest absolute Gasteiger partial charge is 0.0974 e. The first-order chi connectivity index (χ1) is 69.4. The second kappa shape index (κ2) is 30.5. The van der Waals surface area contributed by atoms with Gasteiger partial charge in [-0.3, -0.25) is 0 Å². The summed E-state index contributed by atoms with van der Waals surface area (Å²) in [5.74, 6) is 0. The van der Waals surface area contributed by atoms with Crippen LogP contribution in [0.2, 0.25) is 0 Å². The van der Waals surface area contributed by atoms with Crippen molar-refractivity contribution in [2.75, 3.05) is 0 Å². The molecule has 0 unspecified atom stereocenters. The van der Waals surface area contributed by atoms with Crippen molar-refractivity contribution >= 4 is 227 Å². The summed E-state index contributed by atoms with van der Waals surface area (Å²) in [6.45, 7) is 0. The molecule has 0 N–H and O–H groups in total. The summed E-state index contributed by atoms with van der Waals surface area (Å²) < 4.78 is 14.7. The van der Waals surface area contributed by atoms with Crippen molar-refractivity contribution in [3.8, 4) is 73.5 Å². The van der Waals surface area contributed by atoms with Gasteiger partial charge in [-0.1, -0.05) is 285 Å². The number of rotatable bonds is 9. The highest BCUT2D eigenvalue weighted by Gasteiger charge is 2.27. The molecule has 0 radical (unpaired) electrons. The molecular weight excluding hydrogens is 1720 g/mol. The molecule has 8 aromatic heterocycles. The molecule has 23 aromatic carbocycles. The van der Waals surface area contributed by atoms with Gasteiger partial charge in [0.15, 0.2) is 0 Å². The lowest BCUT2D eigenvalue weighted by Gasteiger charge is -2.17. The minimum Gasteiger partial charge on any atom is -0.309 e. The van der Waals surface area contributed by atoms with E-state index < -0.39 is 0 Å². The number of benzene rings is 23. The quantitative estimate of drug-likeness (QED) is 0.144. The molecule has 648 valence electrons. The van der Waals surface area contributed by atoms with Crippen LogP contribution >= 0.6 is 11.3 Å². The molecule has 8 heterocycles. The van der Waals surface area contributed by atoms with Gasteiger partial charge in [0.1, 0.15) is 0 Å². The normalized spacial score (nSPS) is 12.1. The fraction of sp³-hybridized carbons (Fsp3) is 0. The van der Waals surface area contributed by atoms with Crippen molar-refractivity contribution < 1.29 is 0 Å². The number of aromatic nitrogens is 9. The Morgan fingerprint density at radius 3 is 0.879 bits per heavy atom. The molecule has 10 heteroatoms. The fourth-order valence-corrected chi connectivity index (χ4v) is 24.1. The van der Waals surface area contributed by atoms with Crippen molar-refractivity contribution in [2.24, 2.45) is 0 Å². The summed E-state index contributed by atoms with van der Waals surface area (Å²) in [4.78, 5) is 21.9. The molecule has 140 heavy (non-hydrogen) atoms. The SMILES string of the molecule is c1ccc(-n2c3ccccc3c3ccc(-c4nc5ccccc5nc4-c4cc(-n5c6ccccc6c6cc7ccc(-n8c9ccccc9c9cc%10ccccc%10cc98)cc7cc65)c5ccccc5c4)cc32)cc1.c1ccc2cc3c(cc2c1)c1ccccc1n3-c1ccc2cc3c4ccccc4n(-c4cc(-c5nc6ccccc6nc5-c5ccc6c(c5)sc5ccccc56)cc5ccccc45)c3cc2c1. The van der Waals surface area contributed by atoms with Crippen LogP contribution in [0.4, 0.5) is 0 Å². The van der Waals surface area contributed by atoms with E-state index in [9.17, 15) is 0 Å². The van der Waals surface area contributed by atoms with Crippen LogP contribution in [0.25, 0.3) is 289 Å². The molecule has 31 rings (SSSR count). The van der Waals surface area contributed by atoms with E-state index >= 15 is 0 Å². The molecule has 0 aliphatic carbocycles. The molecule has 0 spiro atoms. The Balaban J connectivity index is 0.000000132. The monoisotopic (exact) mass is 1800 g/mol. The van der Waals surface area contributed by atoms with Crippen LogP contribution in [0.3, 0.4) is 0 Å². The van der Waals surface area contributed by atoms with E-state index in [0.29, 0.717) is 0 Å². The predicted octanol–water partition coefficient (Wildman–Crippen LogP) is 34.7. The third kappa shape index (κ3) is 12.0. The Morgan fingerprint density at radius 1 is 0.143 bits per heavy atom. The molecule has 0 aliphatic heterocycles. The average Bonchev–Trinajstić information content (AvgIpc) is 1.57.